The summed E-state index contributed by atoms with van der Waals surface area (Å²) in [6, 6.07) is 8.23. The molecular weight excluding hydrogens is 448 g/mol. The molecule has 1 fully saturated rings. The Kier molecular flexibility index (Phi) is 5.87. The van der Waals surface area contributed by atoms with Crippen LogP contribution in [0.4, 0.5) is 16.3 Å². The van der Waals surface area contributed by atoms with Crippen molar-refractivity contribution in [2.45, 2.75) is 42.2 Å². The van der Waals surface area contributed by atoms with Gasteiger partial charge in [-0.25, -0.2) is 28.2 Å². The lowest BCUT2D eigenvalue weighted by molar-refractivity contribution is 0.252. The summed E-state index contributed by atoms with van der Waals surface area (Å²) >= 11 is 1.12. The van der Waals surface area contributed by atoms with Crippen molar-refractivity contribution >= 4 is 38.7 Å². The Morgan fingerprint density at radius 1 is 1.19 bits per heavy atom. The highest BCUT2D eigenvalue weighted by molar-refractivity contribution is 7.94. The molecule has 4 N–H and O–H groups in total. The molecule has 3 aromatic rings. The third-order valence-corrected chi connectivity index (χ3v) is 9.09. The summed E-state index contributed by atoms with van der Waals surface area (Å²) in [5.41, 5.74) is 8.36. The van der Waals surface area contributed by atoms with E-state index in [1.54, 1.807) is 36.6 Å². The first kappa shape index (κ1) is 22.2. The second kappa shape index (κ2) is 8.47. The predicted molar refractivity (Wildman–Crippen MR) is 124 cm³/mol. The molecule has 0 bridgehead atoms. The number of sulfone groups is 1. The summed E-state index contributed by atoms with van der Waals surface area (Å²) < 4.78 is 25.6. The number of nitrogen functional groups attached to an aromatic ring is 1. The van der Waals surface area contributed by atoms with Crippen molar-refractivity contribution in [3.05, 3.63) is 47.1 Å². The molecule has 4 rings (SSSR count). The van der Waals surface area contributed by atoms with Gasteiger partial charge >= 0.3 is 6.03 Å². The number of aryl methyl sites for hydroxylation is 1. The highest BCUT2D eigenvalue weighted by Gasteiger charge is 2.59. The summed E-state index contributed by atoms with van der Waals surface area (Å²) in [4.78, 5) is 24.9. The molecule has 1 aromatic carbocycles. The summed E-state index contributed by atoms with van der Waals surface area (Å²) in [6.45, 7) is 4.33. The van der Waals surface area contributed by atoms with Crippen molar-refractivity contribution in [2.75, 3.05) is 17.6 Å². The minimum Gasteiger partial charge on any atom is -0.384 e. The zero-order valence-electron chi connectivity index (χ0n) is 17.8. The van der Waals surface area contributed by atoms with E-state index in [1.165, 1.54) is 6.07 Å². The second-order valence-electron chi connectivity index (χ2n) is 7.71. The highest BCUT2D eigenvalue weighted by Crippen LogP contribution is 2.55. The minimum absolute atomic E-state index is 0.100. The molecule has 9 nitrogen and oxygen atoms in total. The van der Waals surface area contributed by atoms with Crippen LogP contribution in [0, 0.1) is 6.92 Å². The largest absolute Gasteiger partial charge is 0.384 e. The zero-order chi connectivity index (χ0) is 22.9. The molecule has 0 aliphatic heterocycles. The van der Waals surface area contributed by atoms with Crippen LogP contribution in [0.5, 0.6) is 0 Å². The van der Waals surface area contributed by atoms with Gasteiger partial charge in [-0.2, -0.15) is 0 Å². The first-order valence-electron chi connectivity index (χ1n) is 10.2. The monoisotopic (exact) mass is 472 g/mol. The first-order valence-corrected chi connectivity index (χ1v) is 12.6. The van der Waals surface area contributed by atoms with Gasteiger partial charge in [0.25, 0.3) is 0 Å². The van der Waals surface area contributed by atoms with Crippen LogP contribution in [0.1, 0.15) is 37.6 Å². The number of nitrogens with one attached hydrogen (secondary N) is 2. The van der Waals surface area contributed by atoms with E-state index in [-0.39, 0.29) is 16.2 Å². The van der Waals surface area contributed by atoms with Crippen LogP contribution in [0.15, 0.2) is 40.1 Å². The zero-order valence-corrected chi connectivity index (χ0v) is 19.4. The number of nitrogens with zero attached hydrogens (tertiary/aromatic N) is 3. The summed E-state index contributed by atoms with van der Waals surface area (Å²) in [7, 11) is -3.70. The van der Waals surface area contributed by atoms with E-state index < -0.39 is 14.6 Å². The number of rotatable bonds is 7. The van der Waals surface area contributed by atoms with Gasteiger partial charge in [-0.05, 0) is 50.5 Å². The molecule has 1 saturated carbocycles. The summed E-state index contributed by atoms with van der Waals surface area (Å²) in [6.07, 6.45) is 1.76. The molecule has 2 amide bonds. The third kappa shape index (κ3) is 4.17. The van der Waals surface area contributed by atoms with Crippen molar-refractivity contribution in [3.8, 4) is 11.4 Å². The number of carbonyl (C=O) groups excluding carboxylic acids is 1. The average Bonchev–Trinajstić information content (AvgIpc) is 3.48. The Labute approximate surface area is 190 Å². The summed E-state index contributed by atoms with van der Waals surface area (Å²) in [5.74, 6) is 0.529. The number of urea groups is 1. The molecule has 0 spiro atoms. The fourth-order valence-electron chi connectivity index (χ4n) is 3.34. The molecule has 11 heteroatoms. The van der Waals surface area contributed by atoms with Crippen molar-refractivity contribution in [1.29, 1.82) is 0 Å². The molecular formula is C21H24N6O3S2. The quantitative estimate of drug-likeness (QED) is 0.478. The Morgan fingerprint density at radius 3 is 2.50 bits per heavy atom. The van der Waals surface area contributed by atoms with E-state index in [4.69, 9.17) is 5.73 Å². The second-order valence-corrected chi connectivity index (χ2v) is 11.0. The molecule has 0 atom stereocenters. The molecule has 2 heterocycles. The fourth-order valence-corrected chi connectivity index (χ4v) is 6.61. The predicted octanol–water partition coefficient (Wildman–Crippen LogP) is 3.49. The van der Waals surface area contributed by atoms with Crippen LogP contribution in [0.2, 0.25) is 0 Å². The molecule has 0 unspecified atom stereocenters. The van der Waals surface area contributed by atoms with E-state index >= 15 is 0 Å². The Balaban J connectivity index is 1.62. The topological polar surface area (TPSA) is 140 Å². The number of nitrogens with two attached hydrogens (primary N) is 1. The molecule has 1 aliphatic carbocycles. The number of thiazole rings is 1. The van der Waals surface area contributed by atoms with Crippen LogP contribution in [0.3, 0.4) is 0 Å². The van der Waals surface area contributed by atoms with Gasteiger partial charge in [0.2, 0.25) is 14.2 Å². The minimum atomic E-state index is -3.70. The maximum absolute atomic E-state index is 13.3. The van der Waals surface area contributed by atoms with Crippen LogP contribution in [0.25, 0.3) is 11.4 Å². The number of benzene rings is 1. The highest BCUT2D eigenvalue weighted by atomic mass is 32.2. The number of hydrogen-bond donors (Lipinski definition) is 3. The van der Waals surface area contributed by atoms with E-state index in [9.17, 15) is 13.2 Å². The third-order valence-electron chi connectivity index (χ3n) is 5.20. The SMILES string of the molecule is CCCNC(=O)Nc1ccc(-c2nc(N)cc(C3(S(=O)(=O)c4nc(C)cs4)CC3)n2)cc1. The number of aromatic nitrogens is 3. The lowest BCUT2D eigenvalue weighted by Crippen LogP contribution is -2.29. The smallest absolute Gasteiger partial charge is 0.319 e. The maximum Gasteiger partial charge on any atom is 0.319 e. The van der Waals surface area contributed by atoms with E-state index in [2.05, 4.69) is 25.6 Å². The Hall–Kier alpha value is -3.05. The standard InChI is InChI=1S/C21H24N6O3S2/c1-3-10-23-19(28)25-15-6-4-14(5-7-15)18-26-16(11-17(22)27-18)21(8-9-21)32(29,30)20-24-13(2)12-31-20/h4-7,11-12H,3,8-10H2,1-2H3,(H2,22,26,27)(H2,23,25,28). The van der Waals surface area contributed by atoms with Gasteiger partial charge in [0.15, 0.2) is 5.82 Å². The van der Waals surface area contributed by atoms with Crippen LogP contribution < -0.4 is 16.4 Å². The van der Waals surface area contributed by atoms with Crippen LogP contribution in [-0.2, 0) is 14.6 Å². The van der Waals surface area contributed by atoms with Gasteiger partial charge in [0.1, 0.15) is 10.6 Å². The van der Waals surface area contributed by atoms with Gasteiger partial charge < -0.3 is 16.4 Å². The fraction of sp³-hybridized carbons (Fsp3) is 0.333. The summed E-state index contributed by atoms with van der Waals surface area (Å²) in [5, 5.41) is 7.22. The van der Waals surface area contributed by atoms with Gasteiger partial charge in [0, 0.05) is 34.9 Å². The first-order chi connectivity index (χ1) is 15.2. The molecule has 0 radical (unpaired) electrons. The van der Waals surface area contributed by atoms with E-state index in [0.29, 0.717) is 47.8 Å². The molecule has 32 heavy (non-hydrogen) atoms. The van der Waals surface area contributed by atoms with Crippen molar-refractivity contribution in [3.63, 3.8) is 0 Å². The normalized spacial score (nSPS) is 14.7. The van der Waals surface area contributed by atoms with Gasteiger partial charge in [-0.3, -0.25) is 0 Å². The lowest BCUT2D eigenvalue weighted by Gasteiger charge is -2.15. The lowest BCUT2D eigenvalue weighted by atomic mass is 10.1. The average molecular weight is 473 g/mol. The van der Waals surface area contributed by atoms with Gasteiger partial charge in [0.05, 0.1) is 5.69 Å². The Morgan fingerprint density at radius 2 is 1.91 bits per heavy atom. The number of anilines is 2. The molecule has 1 aliphatic rings. The van der Waals surface area contributed by atoms with E-state index in [1.807, 2.05) is 6.92 Å². The van der Waals surface area contributed by atoms with Crippen molar-refractivity contribution in [1.82, 2.24) is 20.3 Å². The molecule has 2 aromatic heterocycles. The van der Waals surface area contributed by atoms with Gasteiger partial charge in [-0.15, -0.1) is 11.3 Å². The molecule has 168 valence electrons. The van der Waals surface area contributed by atoms with Crippen LogP contribution >= 0.6 is 11.3 Å². The van der Waals surface area contributed by atoms with Crippen molar-refractivity contribution < 1.29 is 13.2 Å². The Bertz CT molecular complexity index is 1250. The van der Waals surface area contributed by atoms with E-state index in [0.717, 1.165) is 17.8 Å². The number of carbonyl (C=O) groups is 1. The molecule has 0 saturated heterocycles. The number of amides is 2. The number of hydrogen-bond acceptors (Lipinski definition) is 8. The van der Waals surface area contributed by atoms with Gasteiger partial charge in [-0.1, -0.05) is 6.92 Å². The van der Waals surface area contributed by atoms with Crippen LogP contribution in [-0.4, -0.2) is 35.9 Å². The van der Waals surface area contributed by atoms with Crippen molar-refractivity contribution in [2.24, 2.45) is 0 Å². The maximum atomic E-state index is 13.3.